The zero-order valence-electron chi connectivity index (χ0n) is 16.7. The number of anilines is 1. The van der Waals surface area contributed by atoms with Crippen LogP contribution in [0.15, 0.2) is 76.2 Å². The van der Waals surface area contributed by atoms with Crippen molar-refractivity contribution in [3.05, 3.63) is 83.8 Å². The van der Waals surface area contributed by atoms with E-state index in [2.05, 4.69) is 29.3 Å². The van der Waals surface area contributed by atoms with E-state index in [0.29, 0.717) is 23.9 Å². The molecule has 7 heteroatoms. The lowest BCUT2D eigenvalue weighted by Gasteiger charge is -2.24. The lowest BCUT2D eigenvalue weighted by molar-refractivity contribution is 0.0954. The number of nitrogens with one attached hydrogen (secondary N) is 1. The van der Waals surface area contributed by atoms with Gasteiger partial charge in [0.05, 0.1) is 29.0 Å². The van der Waals surface area contributed by atoms with Crippen LogP contribution < -0.4 is 10.2 Å². The Labute approximate surface area is 176 Å². The number of sulfone groups is 1. The first-order valence-corrected chi connectivity index (χ1v) is 11.6. The van der Waals surface area contributed by atoms with Crippen LogP contribution in [0.4, 0.5) is 5.69 Å². The summed E-state index contributed by atoms with van der Waals surface area (Å²) in [7, 11) is -3.44. The average Bonchev–Trinajstić information content (AvgIpc) is 3.33. The van der Waals surface area contributed by atoms with Crippen LogP contribution in [-0.4, -0.2) is 32.7 Å². The minimum absolute atomic E-state index is 0.0314. The fourth-order valence-corrected chi connectivity index (χ4v) is 5.01. The van der Waals surface area contributed by atoms with Gasteiger partial charge in [0.1, 0.15) is 5.76 Å². The zero-order chi connectivity index (χ0) is 21.1. The molecule has 3 aromatic rings. The minimum Gasteiger partial charge on any atom is -0.467 e. The molecule has 1 amide bonds. The Hall–Kier alpha value is -3.06. The van der Waals surface area contributed by atoms with E-state index in [4.69, 9.17) is 4.42 Å². The van der Waals surface area contributed by atoms with Gasteiger partial charge in [0.2, 0.25) is 0 Å². The van der Waals surface area contributed by atoms with Crippen molar-refractivity contribution in [1.29, 1.82) is 0 Å². The van der Waals surface area contributed by atoms with Gasteiger partial charge in [0, 0.05) is 18.3 Å². The molecule has 0 saturated heterocycles. The van der Waals surface area contributed by atoms with Crippen LogP contribution in [0.1, 0.15) is 28.6 Å². The topological polar surface area (TPSA) is 79.6 Å². The molecule has 0 fully saturated rings. The lowest BCUT2D eigenvalue weighted by Crippen LogP contribution is -2.32. The SMILES string of the molecule is CC1Cc2ccccc2N1Cc1occc1C(=O)NCCS(=O)(=O)c1ccccc1. The summed E-state index contributed by atoms with van der Waals surface area (Å²) in [4.78, 5) is 15.1. The van der Waals surface area contributed by atoms with Gasteiger partial charge in [-0.15, -0.1) is 0 Å². The van der Waals surface area contributed by atoms with Crippen molar-refractivity contribution < 1.29 is 17.6 Å². The lowest BCUT2D eigenvalue weighted by atomic mass is 10.1. The van der Waals surface area contributed by atoms with Crippen molar-refractivity contribution in [3.8, 4) is 0 Å². The molecule has 0 radical (unpaired) electrons. The maximum atomic E-state index is 12.7. The van der Waals surface area contributed by atoms with E-state index < -0.39 is 9.84 Å². The van der Waals surface area contributed by atoms with Gasteiger partial charge in [-0.2, -0.15) is 0 Å². The Morgan fingerprint density at radius 3 is 2.63 bits per heavy atom. The second-order valence-electron chi connectivity index (χ2n) is 7.46. The molecule has 1 aromatic heterocycles. The second kappa shape index (κ2) is 8.36. The van der Waals surface area contributed by atoms with Gasteiger partial charge in [-0.1, -0.05) is 36.4 Å². The number of hydrogen-bond donors (Lipinski definition) is 1. The fraction of sp³-hybridized carbons (Fsp3) is 0.261. The zero-order valence-corrected chi connectivity index (χ0v) is 17.6. The number of carbonyl (C=O) groups excluding carboxylic acids is 1. The number of fused-ring (bicyclic) bond motifs is 1. The molecule has 2 heterocycles. The van der Waals surface area contributed by atoms with Crippen LogP contribution in [-0.2, 0) is 22.8 Å². The molecule has 0 bridgehead atoms. The molecule has 0 saturated carbocycles. The summed E-state index contributed by atoms with van der Waals surface area (Å²) < 4.78 is 30.4. The van der Waals surface area contributed by atoms with Gasteiger partial charge in [-0.3, -0.25) is 4.79 Å². The normalized spacial score (nSPS) is 15.8. The fourth-order valence-electron chi connectivity index (χ4n) is 3.83. The average molecular weight is 425 g/mol. The molecular weight excluding hydrogens is 400 g/mol. The molecule has 156 valence electrons. The highest BCUT2D eigenvalue weighted by molar-refractivity contribution is 7.91. The van der Waals surface area contributed by atoms with Crippen molar-refractivity contribution in [2.75, 3.05) is 17.2 Å². The number of furan rings is 1. The molecule has 6 nitrogen and oxygen atoms in total. The first kappa shape index (κ1) is 20.2. The number of carbonyl (C=O) groups is 1. The molecule has 0 spiro atoms. The number of benzene rings is 2. The van der Waals surface area contributed by atoms with Gasteiger partial charge >= 0.3 is 0 Å². The Morgan fingerprint density at radius 2 is 1.83 bits per heavy atom. The minimum atomic E-state index is -3.44. The van der Waals surface area contributed by atoms with Gasteiger partial charge in [0.15, 0.2) is 9.84 Å². The molecule has 1 N–H and O–H groups in total. The Balaban J connectivity index is 1.40. The van der Waals surface area contributed by atoms with Gasteiger partial charge in [0.25, 0.3) is 5.91 Å². The molecule has 30 heavy (non-hydrogen) atoms. The van der Waals surface area contributed by atoms with Crippen molar-refractivity contribution >= 4 is 21.4 Å². The summed E-state index contributed by atoms with van der Waals surface area (Å²) in [6.45, 7) is 2.66. The molecule has 4 rings (SSSR count). The van der Waals surface area contributed by atoms with E-state index in [-0.39, 0.29) is 23.1 Å². The Bertz CT molecular complexity index is 1140. The predicted octanol–water partition coefficient (Wildman–Crippen LogP) is 3.43. The summed E-state index contributed by atoms with van der Waals surface area (Å²) >= 11 is 0. The van der Waals surface area contributed by atoms with Crippen LogP contribution >= 0.6 is 0 Å². The predicted molar refractivity (Wildman–Crippen MR) is 115 cm³/mol. The van der Waals surface area contributed by atoms with Crippen LogP contribution in [0, 0.1) is 0 Å². The van der Waals surface area contributed by atoms with E-state index in [1.54, 1.807) is 36.4 Å². The third kappa shape index (κ3) is 4.11. The Kier molecular flexibility index (Phi) is 5.63. The van der Waals surface area contributed by atoms with Crippen LogP contribution in [0.2, 0.25) is 0 Å². The van der Waals surface area contributed by atoms with Gasteiger partial charge in [-0.05, 0) is 43.2 Å². The first-order chi connectivity index (χ1) is 14.5. The van der Waals surface area contributed by atoms with Gasteiger partial charge < -0.3 is 14.6 Å². The standard InChI is InChI=1S/C23H24N2O4S/c1-17-15-18-7-5-6-10-21(18)25(17)16-22-20(11-13-29-22)23(26)24-12-14-30(27,28)19-8-3-2-4-9-19/h2-11,13,17H,12,14-16H2,1H3,(H,24,26). The van der Waals surface area contributed by atoms with Crippen molar-refractivity contribution in [3.63, 3.8) is 0 Å². The number of nitrogens with zero attached hydrogens (tertiary/aromatic N) is 1. The molecular formula is C23H24N2O4S. The molecule has 1 aliphatic heterocycles. The molecule has 1 atom stereocenters. The number of hydrogen-bond acceptors (Lipinski definition) is 5. The van der Waals surface area contributed by atoms with E-state index in [0.717, 1.165) is 12.1 Å². The van der Waals surface area contributed by atoms with Crippen molar-refractivity contribution in [2.45, 2.75) is 30.8 Å². The highest BCUT2D eigenvalue weighted by atomic mass is 32.2. The van der Waals surface area contributed by atoms with Gasteiger partial charge in [-0.25, -0.2) is 8.42 Å². The van der Waals surface area contributed by atoms with E-state index >= 15 is 0 Å². The molecule has 1 unspecified atom stereocenters. The smallest absolute Gasteiger partial charge is 0.254 e. The third-order valence-corrected chi connectivity index (χ3v) is 7.14. The summed E-state index contributed by atoms with van der Waals surface area (Å²) in [6, 6.07) is 18.4. The molecule has 2 aromatic carbocycles. The third-order valence-electron chi connectivity index (χ3n) is 5.41. The van der Waals surface area contributed by atoms with Crippen LogP contribution in [0.5, 0.6) is 0 Å². The number of amides is 1. The second-order valence-corrected chi connectivity index (χ2v) is 9.56. The van der Waals surface area contributed by atoms with Crippen LogP contribution in [0.3, 0.4) is 0 Å². The number of rotatable bonds is 7. The highest BCUT2D eigenvalue weighted by Crippen LogP contribution is 2.33. The van der Waals surface area contributed by atoms with Crippen molar-refractivity contribution in [2.24, 2.45) is 0 Å². The quantitative estimate of drug-likeness (QED) is 0.629. The van der Waals surface area contributed by atoms with E-state index in [1.165, 1.54) is 11.8 Å². The monoisotopic (exact) mass is 424 g/mol. The van der Waals surface area contributed by atoms with Crippen LogP contribution in [0.25, 0.3) is 0 Å². The summed E-state index contributed by atoms with van der Waals surface area (Å²) in [5.74, 6) is 0.0797. The largest absolute Gasteiger partial charge is 0.467 e. The van der Waals surface area contributed by atoms with Crippen molar-refractivity contribution in [1.82, 2.24) is 5.32 Å². The van der Waals surface area contributed by atoms with E-state index in [1.807, 2.05) is 12.1 Å². The highest BCUT2D eigenvalue weighted by Gasteiger charge is 2.28. The summed E-state index contributed by atoms with van der Waals surface area (Å²) in [5.41, 5.74) is 2.87. The van der Waals surface area contributed by atoms with E-state index in [9.17, 15) is 13.2 Å². The summed E-state index contributed by atoms with van der Waals surface area (Å²) in [6.07, 6.45) is 2.45. The Morgan fingerprint density at radius 1 is 1.10 bits per heavy atom. The molecule has 1 aliphatic rings. The maximum absolute atomic E-state index is 12.7. The maximum Gasteiger partial charge on any atom is 0.254 e. The molecule has 0 aliphatic carbocycles. The summed E-state index contributed by atoms with van der Waals surface area (Å²) in [5, 5.41) is 2.71. The first-order valence-electron chi connectivity index (χ1n) is 9.92. The number of para-hydroxylation sites is 1.